The van der Waals surface area contributed by atoms with Crippen molar-refractivity contribution in [1.82, 2.24) is 9.80 Å². The summed E-state index contributed by atoms with van der Waals surface area (Å²) < 4.78 is 43.3. The van der Waals surface area contributed by atoms with E-state index in [9.17, 15) is 0 Å². The zero-order valence-corrected chi connectivity index (χ0v) is 28.8. The van der Waals surface area contributed by atoms with Crippen LogP contribution in [0.25, 0.3) is 0 Å². The molecule has 3 atom stereocenters. The summed E-state index contributed by atoms with van der Waals surface area (Å²) >= 11 is 0. The van der Waals surface area contributed by atoms with Crippen molar-refractivity contribution < 1.29 is 33.2 Å². The molecule has 0 amide bonds. The SMILES string of the molecule is COc1ccc2cc1Oc1ccc(cc1)C[C@H]1c3cc(OC)c(OC)c(c3CCN1C)Oc1c(OC)c(OC)cc3c1[C@@H](C)N(CC3)C2. The predicted molar refractivity (Wildman–Crippen MR) is 184 cm³/mol. The van der Waals surface area contributed by atoms with E-state index in [4.69, 9.17) is 33.2 Å². The highest BCUT2D eigenvalue weighted by atomic mass is 16.6. The summed E-state index contributed by atoms with van der Waals surface area (Å²) in [7, 11) is 10.5. The Kier molecular flexibility index (Phi) is 8.74. The van der Waals surface area contributed by atoms with Gasteiger partial charge in [0, 0.05) is 42.8 Å². The van der Waals surface area contributed by atoms with Crippen LogP contribution < -0.4 is 33.2 Å². The van der Waals surface area contributed by atoms with Gasteiger partial charge in [-0.25, -0.2) is 0 Å². The van der Waals surface area contributed by atoms with E-state index in [0.717, 1.165) is 60.4 Å². The van der Waals surface area contributed by atoms with E-state index in [1.165, 1.54) is 11.1 Å². The van der Waals surface area contributed by atoms with Gasteiger partial charge in [-0.3, -0.25) is 9.80 Å². The van der Waals surface area contributed by atoms with Gasteiger partial charge in [0.05, 0.1) is 35.5 Å². The standard InChI is InChI=1S/C39H44N2O7/c1-23-35-26-14-17-41(23)22-25-10-13-31(42-3)32(19-25)47-27-11-8-24(9-12-27)18-30-29-21-34(44-5)37(45-6)36(28(29)15-16-40(30)2)48-39(35)38(46-7)33(20-26)43-4/h8-13,19-21,23,30H,14-18,22H2,1-7H3/t23-,30+/m1/s1. The lowest BCUT2D eigenvalue weighted by Crippen LogP contribution is -2.34. The second kappa shape index (κ2) is 13.1. The Balaban J connectivity index is 1.47. The fourth-order valence-corrected chi connectivity index (χ4v) is 7.56. The van der Waals surface area contributed by atoms with Crippen LogP contribution in [0, 0.1) is 0 Å². The molecule has 8 rings (SSSR count). The molecule has 48 heavy (non-hydrogen) atoms. The van der Waals surface area contributed by atoms with Gasteiger partial charge in [0.15, 0.2) is 34.5 Å². The molecule has 4 aromatic carbocycles. The van der Waals surface area contributed by atoms with E-state index in [-0.39, 0.29) is 12.1 Å². The largest absolute Gasteiger partial charge is 0.493 e. The monoisotopic (exact) mass is 652 g/mol. The van der Waals surface area contributed by atoms with Crippen LogP contribution in [-0.4, -0.2) is 65.5 Å². The summed E-state index contributed by atoms with van der Waals surface area (Å²) in [6.45, 7) is 4.65. The van der Waals surface area contributed by atoms with Crippen LogP contribution >= 0.6 is 0 Å². The summed E-state index contributed by atoms with van der Waals surface area (Å²) in [5.74, 6) is 5.82. The third kappa shape index (κ3) is 5.54. The van der Waals surface area contributed by atoms with Gasteiger partial charge in [-0.05, 0) is 91.9 Å². The highest BCUT2D eigenvalue weighted by Gasteiger charge is 2.36. The van der Waals surface area contributed by atoms with E-state index in [1.54, 1.807) is 35.5 Å². The quantitative estimate of drug-likeness (QED) is 0.218. The number of fused-ring (bicyclic) bond motifs is 2. The highest BCUT2D eigenvalue weighted by molar-refractivity contribution is 5.66. The fourth-order valence-electron chi connectivity index (χ4n) is 7.56. The van der Waals surface area contributed by atoms with E-state index < -0.39 is 0 Å². The zero-order valence-electron chi connectivity index (χ0n) is 28.8. The molecule has 0 aromatic heterocycles. The number of nitrogens with zero attached hydrogens (tertiary/aromatic N) is 2. The van der Waals surface area contributed by atoms with Crippen LogP contribution in [0.5, 0.6) is 51.7 Å². The number of hydrogen-bond donors (Lipinski definition) is 0. The first-order valence-electron chi connectivity index (χ1n) is 16.5. The lowest BCUT2D eigenvalue weighted by atomic mass is 9.87. The Morgan fingerprint density at radius 3 is 2.08 bits per heavy atom. The van der Waals surface area contributed by atoms with Gasteiger partial charge < -0.3 is 33.2 Å². The fraction of sp³-hybridized carbons (Fsp3) is 0.385. The Hall–Kier alpha value is -4.60. The Bertz CT molecular complexity index is 1820. The van der Waals surface area contributed by atoms with E-state index in [0.29, 0.717) is 52.5 Å². The highest BCUT2D eigenvalue weighted by Crippen LogP contribution is 2.54. The van der Waals surface area contributed by atoms with Gasteiger partial charge >= 0.3 is 0 Å². The second-order valence-electron chi connectivity index (χ2n) is 12.7. The van der Waals surface area contributed by atoms with Crippen molar-refractivity contribution in [1.29, 1.82) is 0 Å². The lowest BCUT2D eigenvalue weighted by molar-refractivity contribution is 0.184. The van der Waals surface area contributed by atoms with Crippen LogP contribution in [-0.2, 0) is 25.8 Å². The molecule has 0 spiro atoms. The van der Waals surface area contributed by atoms with Gasteiger partial charge in [-0.2, -0.15) is 0 Å². The molecule has 0 radical (unpaired) electrons. The van der Waals surface area contributed by atoms with Gasteiger partial charge in [0.1, 0.15) is 5.75 Å². The number of hydrogen-bond acceptors (Lipinski definition) is 9. The van der Waals surface area contributed by atoms with Crippen LogP contribution in [0.4, 0.5) is 0 Å². The number of methoxy groups -OCH3 is 5. The molecule has 0 N–H and O–H groups in total. The minimum Gasteiger partial charge on any atom is -0.493 e. The molecule has 9 heteroatoms. The molecule has 0 fully saturated rings. The van der Waals surface area contributed by atoms with Crippen molar-refractivity contribution in [2.24, 2.45) is 0 Å². The van der Waals surface area contributed by atoms with Gasteiger partial charge in [-0.15, -0.1) is 0 Å². The molecule has 4 aliphatic rings. The lowest BCUT2D eigenvalue weighted by Gasteiger charge is -2.38. The summed E-state index contributed by atoms with van der Waals surface area (Å²) in [6.07, 6.45) is 2.40. The molecule has 4 aromatic rings. The Morgan fingerprint density at radius 1 is 0.688 bits per heavy atom. The van der Waals surface area contributed by atoms with Crippen molar-refractivity contribution in [3.8, 4) is 51.7 Å². The van der Waals surface area contributed by atoms with Gasteiger partial charge in [-0.1, -0.05) is 18.2 Å². The van der Waals surface area contributed by atoms with Crippen molar-refractivity contribution in [2.75, 3.05) is 55.7 Å². The van der Waals surface area contributed by atoms with Crippen LogP contribution in [0.2, 0.25) is 0 Å². The molecule has 4 heterocycles. The normalized spacial score (nSPS) is 19.9. The third-order valence-corrected chi connectivity index (χ3v) is 10.2. The maximum Gasteiger partial charge on any atom is 0.204 e. The third-order valence-electron chi connectivity index (χ3n) is 10.2. The van der Waals surface area contributed by atoms with Crippen molar-refractivity contribution >= 4 is 0 Å². The summed E-state index contributed by atoms with van der Waals surface area (Å²) in [4.78, 5) is 4.86. The van der Waals surface area contributed by atoms with E-state index >= 15 is 0 Å². The van der Waals surface area contributed by atoms with Crippen molar-refractivity contribution in [3.05, 3.63) is 88.0 Å². The first-order chi connectivity index (χ1) is 23.4. The first kappa shape index (κ1) is 32.0. The minimum atomic E-state index is -0.00403. The average molecular weight is 653 g/mol. The molecule has 252 valence electrons. The van der Waals surface area contributed by atoms with Crippen LogP contribution in [0.15, 0.2) is 54.6 Å². The smallest absolute Gasteiger partial charge is 0.204 e. The number of rotatable bonds is 5. The van der Waals surface area contributed by atoms with E-state index in [1.807, 2.05) is 18.2 Å². The molecule has 1 unspecified atom stereocenters. The number of likely N-dealkylation sites (N-methyl/N-ethyl adjacent to an activating group) is 1. The van der Waals surface area contributed by atoms with Crippen molar-refractivity contribution in [2.45, 2.75) is 44.8 Å². The second-order valence-corrected chi connectivity index (χ2v) is 12.7. The molecular weight excluding hydrogens is 608 g/mol. The predicted octanol–water partition coefficient (Wildman–Crippen LogP) is 7.52. The average Bonchev–Trinajstić information content (AvgIpc) is 3.10. The topological polar surface area (TPSA) is 71.1 Å². The van der Waals surface area contributed by atoms with E-state index in [2.05, 4.69) is 60.2 Å². The summed E-state index contributed by atoms with van der Waals surface area (Å²) in [6, 6.07) is 18.8. The summed E-state index contributed by atoms with van der Waals surface area (Å²) in [5, 5.41) is 0. The molecule has 0 aliphatic carbocycles. The minimum absolute atomic E-state index is 0.00403. The molecular formula is C39H44N2O7. The van der Waals surface area contributed by atoms with Gasteiger partial charge in [0.2, 0.25) is 11.5 Å². The van der Waals surface area contributed by atoms with Crippen molar-refractivity contribution in [3.63, 3.8) is 0 Å². The number of ether oxygens (including phenoxy) is 7. The molecule has 9 nitrogen and oxygen atoms in total. The Morgan fingerprint density at radius 2 is 1.38 bits per heavy atom. The molecule has 4 aliphatic heterocycles. The van der Waals surface area contributed by atoms with Gasteiger partial charge in [0.25, 0.3) is 0 Å². The zero-order chi connectivity index (χ0) is 33.5. The van der Waals surface area contributed by atoms with Crippen LogP contribution in [0.1, 0.15) is 52.4 Å². The number of benzene rings is 4. The summed E-state index contributed by atoms with van der Waals surface area (Å²) in [5.41, 5.74) is 6.82. The molecule has 10 bridgehead atoms. The Labute approximate surface area is 282 Å². The first-order valence-corrected chi connectivity index (χ1v) is 16.5. The molecule has 0 saturated heterocycles. The van der Waals surface area contributed by atoms with Crippen LogP contribution in [0.3, 0.4) is 0 Å². The maximum absolute atomic E-state index is 7.17. The maximum atomic E-state index is 7.17. The molecule has 0 saturated carbocycles.